The van der Waals surface area contributed by atoms with E-state index >= 15 is 0 Å². The van der Waals surface area contributed by atoms with E-state index in [0.29, 0.717) is 48.2 Å². The molecule has 3 aromatic rings. The normalized spacial score (nSPS) is 19.6. The van der Waals surface area contributed by atoms with Crippen LogP contribution in [0.4, 0.5) is 14.5 Å². The number of imidazole rings is 1. The summed E-state index contributed by atoms with van der Waals surface area (Å²) in [7, 11) is -3.41. The molecule has 1 saturated carbocycles. The second-order valence-electron chi connectivity index (χ2n) is 8.70. The van der Waals surface area contributed by atoms with Gasteiger partial charge >= 0.3 is 0 Å². The summed E-state index contributed by atoms with van der Waals surface area (Å²) in [4.78, 5) is 20.0. The lowest BCUT2D eigenvalue weighted by atomic mass is 9.79. The molecular formula is C23H26F2N4O4S. The molecule has 1 aliphatic rings. The van der Waals surface area contributed by atoms with Crippen LogP contribution < -0.4 is 10.0 Å². The molecule has 1 aromatic heterocycles. The number of anilines is 1. The molecule has 0 bridgehead atoms. The number of halogens is 2. The van der Waals surface area contributed by atoms with Gasteiger partial charge in [-0.05, 0) is 61.9 Å². The minimum Gasteiger partial charge on any atom is -0.385 e. The number of carbonyl (C=O) groups is 1. The molecule has 0 saturated heterocycles. The topological polar surface area (TPSA) is 124 Å². The minimum atomic E-state index is -3.41. The predicted molar refractivity (Wildman–Crippen MR) is 123 cm³/mol. The maximum atomic E-state index is 13.8. The Balaban J connectivity index is 1.34. The van der Waals surface area contributed by atoms with Gasteiger partial charge in [0.15, 0.2) is 0 Å². The van der Waals surface area contributed by atoms with E-state index in [1.165, 1.54) is 6.07 Å². The van der Waals surface area contributed by atoms with E-state index in [4.69, 9.17) is 0 Å². The quantitative estimate of drug-likeness (QED) is 0.403. The summed E-state index contributed by atoms with van der Waals surface area (Å²) in [6, 6.07) is 8.44. The third kappa shape index (κ3) is 5.53. The number of sulfonamides is 1. The van der Waals surface area contributed by atoms with Gasteiger partial charge in [-0.2, -0.15) is 0 Å². The summed E-state index contributed by atoms with van der Waals surface area (Å²) in [5.41, 5.74) is 1.42. The van der Waals surface area contributed by atoms with Crippen molar-refractivity contribution in [3.63, 3.8) is 0 Å². The number of H-pyrrole nitrogens is 1. The van der Waals surface area contributed by atoms with Crippen LogP contribution >= 0.6 is 0 Å². The molecule has 4 N–H and O–H groups in total. The Labute approximate surface area is 195 Å². The number of rotatable bonds is 7. The summed E-state index contributed by atoms with van der Waals surface area (Å²) >= 11 is 0. The van der Waals surface area contributed by atoms with Crippen molar-refractivity contribution in [2.75, 3.05) is 11.0 Å². The van der Waals surface area contributed by atoms with Crippen molar-refractivity contribution in [3.05, 3.63) is 59.4 Å². The highest BCUT2D eigenvalue weighted by Gasteiger charge is 2.32. The lowest BCUT2D eigenvalue weighted by Gasteiger charge is -2.30. The molecule has 34 heavy (non-hydrogen) atoms. The molecule has 0 aliphatic heterocycles. The molecule has 0 radical (unpaired) electrons. The van der Waals surface area contributed by atoms with Gasteiger partial charge in [-0.15, -0.1) is 0 Å². The first-order chi connectivity index (χ1) is 16.1. The average Bonchev–Trinajstić information content (AvgIpc) is 3.20. The highest BCUT2D eigenvalue weighted by molar-refractivity contribution is 7.92. The Morgan fingerprint density at radius 3 is 2.50 bits per heavy atom. The Hall–Kier alpha value is -3.05. The average molecular weight is 493 g/mol. The number of benzene rings is 2. The third-order valence-corrected chi connectivity index (χ3v) is 6.78. The molecule has 11 heteroatoms. The van der Waals surface area contributed by atoms with Crippen molar-refractivity contribution < 1.29 is 27.1 Å². The number of aliphatic hydroxyl groups is 1. The van der Waals surface area contributed by atoms with Crippen LogP contribution in [0.3, 0.4) is 0 Å². The van der Waals surface area contributed by atoms with Gasteiger partial charge in [-0.1, -0.05) is 6.07 Å². The summed E-state index contributed by atoms with van der Waals surface area (Å²) in [6.07, 6.45) is 2.45. The molecule has 1 aliphatic carbocycles. The van der Waals surface area contributed by atoms with Gasteiger partial charge in [0.25, 0.3) is 0 Å². The Bertz CT molecular complexity index is 1280. The van der Waals surface area contributed by atoms with Crippen LogP contribution in [0.5, 0.6) is 0 Å². The van der Waals surface area contributed by atoms with E-state index in [9.17, 15) is 27.1 Å². The second-order valence-corrected chi connectivity index (χ2v) is 10.5. The zero-order valence-electron chi connectivity index (χ0n) is 18.5. The van der Waals surface area contributed by atoms with Crippen LogP contribution in [0.1, 0.15) is 43.2 Å². The van der Waals surface area contributed by atoms with Crippen molar-refractivity contribution in [1.29, 1.82) is 0 Å². The number of hydrogen-bond acceptors (Lipinski definition) is 5. The fraction of sp³-hybridized carbons (Fsp3) is 0.391. The molecule has 2 aromatic carbocycles. The molecule has 1 unspecified atom stereocenters. The first-order valence-corrected chi connectivity index (χ1v) is 12.9. The van der Waals surface area contributed by atoms with Gasteiger partial charge in [0.2, 0.25) is 15.9 Å². The van der Waals surface area contributed by atoms with E-state index in [1.807, 2.05) is 0 Å². The maximum absolute atomic E-state index is 13.8. The fourth-order valence-corrected chi connectivity index (χ4v) is 4.94. The molecule has 1 atom stereocenters. The van der Waals surface area contributed by atoms with E-state index in [-0.39, 0.29) is 29.9 Å². The molecular weight excluding hydrogens is 466 g/mol. The van der Waals surface area contributed by atoms with E-state index in [2.05, 4.69) is 20.0 Å². The monoisotopic (exact) mass is 492 g/mol. The van der Waals surface area contributed by atoms with Gasteiger partial charge in [0, 0.05) is 18.0 Å². The largest absolute Gasteiger partial charge is 0.385 e. The number of aromatic nitrogens is 2. The molecule has 4 rings (SSSR count). The van der Waals surface area contributed by atoms with E-state index in [0.717, 1.165) is 18.4 Å². The highest BCUT2D eigenvalue weighted by atomic mass is 32.2. The zero-order chi connectivity index (χ0) is 24.5. The van der Waals surface area contributed by atoms with Crippen LogP contribution in [-0.4, -0.2) is 35.7 Å². The van der Waals surface area contributed by atoms with Crippen molar-refractivity contribution in [1.82, 2.24) is 15.3 Å². The molecule has 1 amide bonds. The van der Waals surface area contributed by atoms with E-state index in [1.54, 1.807) is 18.2 Å². The van der Waals surface area contributed by atoms with Crippen molar-refractivity contribution in [2.24, 2.45) is 11.8 Å². The fourth-order valence-electron chi connectivity index (χ4n) is 4.39. The van der Waals surface area contributed by atoms with Gasteiger partial charge in [0.1, 0.15) is 23.6 Å². The third-order valence-electron chi connectivity index (χ3n) is 6.17. The number of amides is 1. The number of aliphatic hydroxyl groups excluding tert-OH is 1. The lowest BCUT2D eigenvalue weighted by Crippen LogP contribution is -2.34. The summed E-state index contributed by atoms with van der Waals surface area (Å²) in [6.45, 7) is -0.213. The van der Waals surface area contributed by atoms with Crippen LogP contribution in [0.25, 0.3) is 11.0 Å². The molecule has 182 valence electrons. The lowest BCUT2D eigenvalue weighted by molar-refractivity contribution is -0.126. The predicted octanol–water partition coefficient (Wildman–Crippen LogP) is 3.37. The number of fused-ring (bicyclic) bond motifs is 1. The number of nitrogens with zero attached hydrogens (tertiary/aromatic N) is 1. The first kappa shape index (κ1) is 24.1. The van der Waals surface area contributed by atoms with Gasteiger partial charge in [-0.25, -0.2) is 22.2 Å². The minimum absolute atomic E-state index is 0.109. The smallest absolute Gasteiger partial charge is 0.229 e. The Morgan fingerprint density at radius 1 is 1.18 bits per heavy atom. The standard InChI is InChI=1S/C23H26F2N4O4S/c1-34(32,33)29-15-9-10-19-20(11-15)28-22(27-19)21(30)13-5-7-14(8-6-13)23(31)26-12-16-17(24)3-2-4-18(16)25/h2-4,9-11,13-14,21,29-30H,5-8,12H2,1H3,(H,26,31)(H,27,28). The van der Waals surface area contributed by atoms with Crippen LogP contribution in [0.2, 0.25) is 0 Å². The SMILES string of the molecule is CS(=O)(=O)Nc1ccc2nc(C(O)C3CCC(C(=O)NCc4c(F)cccc4F)CC3)[nH]c2c1. The van der Waals surface area contributed by atoms with E-state index < -0.39 is 27.8 Å². The van der Waals surface area contributed by atoms with Crippen LogP contribution in [0, 0.1) is 23.5 Å². The van der Waals surface area contributed by atoms with Crippen LogP contribution in [-0.2, 0) is 21.4 Å². The van der Waals surface area contributed by atoms with Gasteiger partial charge < -0.3 is 15.4 Å². The van der Waals surface area contributed by atoms with Crippen LogP contribution in [0.15, 0.2) is 36.4 Å². The summed E-state index contributed by atoms with van der Waals surface area (Å²) in [5, 5.41) is 13.5. The number of aromatic amines is 1. The Kier molecular flexibility index (Phi) is 6.85. The number of hydrogen-bond donors (Lipinski definition) is 4. The molecule has 1 fully saturated rings. The van der Waals surface area contributed by atoms with Gasteiger partial charge in [-0.3, -0.25) is 9.52 Å². The van der Waals surface area contributed by atoms with Crippen molar-refractivity contribution in [2.45, 2.75) is 38.3 Å². The summed E-state index contributed by atoms with van der Waals surface area (Å²) < 4.78 is 52.8. The summed E-state index contributed by atoms with van der Waals surface area (Å²) in [5.74, 6) is -1.67. The van der Waals surface area contributed by atoms with Crippen molar-refractivity contribution in [3.8, 4) is 0 Å². The van der Waals surface area contributed by atoms with Gasteiger partial charge in [0.05, 0.1) is 23.0 Å². The van der Waals surface area contributed by atoms with Crippen molar-refractivity contribution >= 4 is 32.7 Å². The highest BCUT2D eigenvalue weighted by Crippen LogP contribution is 2.37. The Morgan fingerprint density at radius 2 is 1.85 bits per heavy atom. The zero-order valence-corrected chi connectivity index (χ0v) is 19.3. The molecule has 8 nitrogen and oxygen atoms in total. The number of carbonyl (C=O) groups excluding carboxylic acids is 1. The second kappa shape index (κ2) is 9.67. The molecule has 1 heterocycles. The number of nitrogens with one attached hydrogen (secondary N) is 3. The molecule has 0 spiro atoms. The first-order valence-electron chi connectivity index (χ1n) is 11.0. The maximum Gasteiger partial charge on any atom is 0.229 e.